The molecule has 7 nitrogen and oxygen atoms in total. The second kappa shape index (κ2) is 10.8. The Morgan fingerprint density at radius 2 is 1.77 bits per heavy atom. The highest BCUT2D eigenvalue weighted by Gasteiger charge is 2.13. The Balaban J connectivity index is 1.56. The van der Waals surface area contributed by atoms with Crippen LogP contribution in [0, 0.1) is 0 Å². The smallest absolute Gasteiger partial charge is 0.343 e. The fraction of sp³-hybridized carbons (Fsp3) is 0.364. The second-order valence-electron chi connectivity index (χ2n) is 6.68. The Labute approximate surface area is 180 Å². The number of rotatable bonds is 8. The Morgan fingerprint density at radius 3 is 2.43 bits per heavy atom. The third kappa shape index (κ3) is 5.82. The van der Waals surface area contributed by atoms with Gasteiger partial charge >= 0.3 is 5.97 Å². The van der Waals surface area contributed by atoms with E-state index in [0.29, 0.717) is 23.6 Å². The van der Waals surface area contributed by atoms with Crippen molar-refractivity contribution in [2.45, 2.75) is 6.54 Å². The lowest BCUT2D eigenvalue weighted by Gasteiger charge is -2.28. The molecule has 2 aromatic rings. The van der Waals surface area contributed by atoms with Crippen molar-refractivity contribution in [2.24, 2.45) is 0 Å². The highest BCUT2D eigenvalue weighted by atomic mass is 32.2. The minimum absolute atomic E-state index is 0.218. The number of amides is 1. The summed E-state index contributed by atoms with van der Waals surface area (Å²) in [4.78, 5) is 26.2. The zero-order valence-electron chi connectivity index (χ0n) is 17.2. The molecule has 1 fully saturated rings. The molecule has 0 atom stereocenters. The number of hydrogen-bond donors (Lipinski definition) is 1. The molecule has 1 saturated heterocycles. The molecule has 0 aliphatic carbocycles. The number of carbonyl (C=O) groups is 2. The summed E-state index contributed by atoms with van der Waals surface area (Å²) in [6, 6.07) is 13.1. The quantitative estimate of drug-likeness (QED) is 0.645. The first-order chi connectivity index (χ1) is 14.6. The summed E-state index contributed by atoms with van der Waals surface area (Å²) in [5, 5.41) is 2.92. The van der Waals surface area contributed by atoms with Crippen molar-refractivity contribution < 1.29 is 23.8 Å². The maximum absolute atomic E-state index is 12.5. The largest absolute Gasteiger partial charge is 0.493 e. The molecule has 0 saturated carbocycles. The first-order valence-corrected chi connectivity index (χ1v) is 10.8. The van der Waals surface area contributed by atoms with E-state index in [1.165, 1.54) is 19.9 Å². The monoisotopic (exact) mass is 430 g/mol. The zero-order valence-corrected chi connectivity index (χ0v) is 18.0. The molecule has 2 aromatic carbocycles. The summed E-state index contributed by atoms with van der Waals surface area (Å²) in [5.74, 6) is 2.34. The Hall–Kier alpha value is -2.87. The van der Waals surface area contributed by atoms with Gasteiger partial charge in [0.2, 0.25) is 0 Å². The number of carbonyl (C=O) groups excluding carboxylic acids is 2. The number of nitrogens with one attached hydrogen (secondary N) is 1. The Kier molecular flexibility index (Phi) is 7.84. The number of anilines is 1. The van der Waals surface area contributed by atoms with E-state index < -0.39 is 5.97 Å². The molecular formula is C22H26N2O5S. The van der Waals surface area contributed by atoms with Crippen LogP contribution < -0.4 is 19.7 Å². The summed E-state index contributed by atoms with van der Waals surface area (Å²) < 4.78 is 15.2. The average Bonchev–Trinajstić information content (AvgIpc) is 2.81. The van der Waals surface area contributed by atoms with E-state index >= 15 is 0 Å². The Morgan fingerprint density at radius 1 is 1.03 bits per heavy atom. The molecule has 1 aliphatic rings. The average molecular weight is 431 g/mol. The maximum atomic E-state index is 12.5. The van der Waals surface area contributed by atoms with E-state index in [2.05, 4.69) is 27.1 Å². The standard InChI is InChI=1S/C22H26N2O5S/c1-27-20-13-17(5-8-19(20)29-15-21(25)28-2)22(26)23-14-16-3-6-18(7-4-16)24-9-11-30-12-10-24/h3-8,13H,9-12,14-15H2,1-2H3,(H,23,26). The first kappa shape index (κ1) is 21.8. The number of ether oxygens (including phenoxy) is 3. The minimum Gasteiger partial charge on any atom is -0.493 e. The predicted molar refractivity (Wildman–Crippen MR) is 118 cm³/mol. The lowest BCUT2D eigenvalue weighted by Crippen LogP contribution is -2.32. The number of nitrogens with zero attached hydrogens (tertiary/aromatic N) is 1. The van der Waals surface area contributed by atoms with Crippen molar-refractivity contribution in [2.75, 3.05) is 50.3 Å². The summed E-state index contributed by atoms with van der Waals surface area (Å²) in [6.07, 6.45) is 0. The van der Waals surface area contributed by atoms with Gasteiger partial charge in [0, 0.05) is 42.4 Å². The van der Waals surface area contributed by atoms with Gasteiger partial charge in [0.1, 0.15) is 0 Å². The van der Waals surface area contributed by atoms with Crippen LogP contribution in [0.2, 0.25) is 0 Å². The van der Waals surface area contributed by atoms with Crippen LogP contribution in [-0.2, 0) is 16.1 Å². The fourth-order valence-electron chi connectivity index (χ4n) is 3.05. The molecule has 0 spiro atoms. The maximum Gasteiger partial charge on any atom is 0.343 e. The van der Waals surface area contributed by atoms with Crippen LogP contribution in [0.15, 0.2) is 42.5 Å². The summed E-state index contributed by atoms with van der Waals surface area (Å²) in [7, 11) is 2.77. The number of thioether (sulfide) groups is 1. The third-order valence-electron chi connectivity index (χ3n) is 4.76. The van der Waals surface area contributed by atoms with Crippen molar-refractivity contribution in [1.29, 1.82) is 0 Å². The van der Waals surface area contributed by atoms with Crippen LogP contribution in [0.4, 0.5) is 5.69 Å². The van der Waals surface area contributed by atoms with Crippen molar-refractivity contribution in [1.82, 2.24) is 5.32 Å². The van der Waals surface area contributed by atoms with Gasteiger partial charge in [-0.2, -0.15) is 11.8 Å². The molecule has 8 heteroatoms. The lowest BCUT2D eigenvalue weighted by molar-refractivity contribution is -0.142. The normalized spacial score (nSPS) is 13.5. The van der Waals surface area contributed by atoms with Crippen LogP contribution in [-0.4, -0.2) is 57.3 Å². The SMILES string of the molecule is COC(=O)COc1ccc(C(=O)NCc2ccc(N3CCSCC3)cc2)cc1OC. The van der Waals surface area contributed by atoms with Crippen molar-refractivity contribution in [3.63, 3.8) is 0 Å². The van der Waals surface area contributed by atoms with E-state index in [4.69, 9.17) is 9.47 Å². The van der Waals surface area contributed by atoms with E-state index in [9.17, 15) is 9.59 Å². The molecule has 1 N–H and O–H groups in total. The summed E-state index contributed by atoms with van der Waals surface area (Å²) in [6.45, 7) is 2.34. The third-order valence-corrected chi connectivity index (χ3v) is 5.71. The van der Waals surface area contributed by atoms with Gasteiger partial charge in [-0.05, 0) is 35.9 Å². The first-order valence-electron chi connectivity index (χ1n) is 9.68. The highest BCUT2D eigenvalue weighted by Crippen LogP contribution is 2.28. The number of benzene rings is 2. The molecule has 0 aromatic heterocycles. The zero-order chi connectivity index (χ0) is 21.3. The number of methoxy groups -OCH3 is 2. The van der Waals surface area contributed by atoms with Gasteiger partial charge in [0.25, 0.3) is 5.91 Å². The van der Waals surface area contributed by atoms with Gasteiger partial charge in [-0.3, -0.25) is 4.79 Å². The van der Waals surface area contributed by atoms with Crippen LogP contribution in [0.3, 0.4) is 0 Å². The topological polar surface area (TPSA) is 77.1 Å². The molecule has 160 valence electrons. The molecule has 1 aliphatic heterocycles. The van der Waals surface area contributed by atoms with Crippen molar-refractivity contribution in [3.05, 3.63) is 53.6 Å². The lowest BCUT2D eigenvalue weighted by atomic mass is 10.1. The van der Waals surface area contributed by atoms with Crippen LogP contribution in [0.1, 0.15) is 15.9 Å². The molecule has 1 heterocycles. The van der Waals surface area contributed by atoms with Crippen LogP contribution >= 0.6 is 11.8 Å². The molecule has 1 amide bonds. The summed E-state index contributed by atoms with van der Waals surface area (Å²) >= 11 is 1.99. The molecule has 0 radical (unpaired) electrons. The summed E-state index contributed by atoms with van der Waals surface area (Å²) in [5.41, 5.74) is 2.70. The molecule has 0 bridgehead atoms. The van der Waals surface area contributed by atoms with Gasteiger partial charge in [-0.1, -0.05) is 12.1 Å². The van der Waals surface area contributed by atoms with Crippen molar-refractivity contribution >= 4 is 29.3 Å². The van der Waals surface area contributed by atoms with Gasteiger partial charge in [-0.15, -0.1) is 0 Å². The fourth-order valence-corrected chi connectivity index (χ4v) is 3.96. The number of hydrogen-bond acceptors (Lipinski definition) is 7. The van der Waals surface area contributed by atoms with Crippen molar-refractivity contribution in [3.8, 4) is 11.5 Å². The van der Waals surface area contributed by atoms with E-state index in [1.807, 2.05) is 23.9 Å². The van der Waals surface area contributed by atoms with E-state index in [0.717, 1.165) is 30.2 Å². The molecule has 3 rings (SSSR count). The van der Waals surface area contributed by atoms with E-state index in [-0.39, 0.29) is 12.5 Å². The van der Waals surface area contributed by atoms with Gasteiger partial charge in [-0.25, -0.2) is 4.79 Å². The predicted octanol–water partition coefficient (Wildman–Crippen LogP) is 2.73. The van der Waals surface area contributed by atoms with Crippen LogP contribution in [0.5, 0.6) is 11.5 Å². The number of esters is 1. The van der Waals surface area contributed by atoms with E-state index in [1.54, 1.807) is 18.2 Å². The van der Waals surface area contributed by atoms with Gasteiger partial charge in [0.05, 0.1) is 14.2 Å². The van der Waals surface area contributed by atoms with Gasteiger partial charge in [0.15, 0.2) is 18.1 Å². The molecule has 0 unspecified atom stereocenters. The molecular weight excluding hydrogens is 404 g/mol. The second-order valence-corrected chi connectivity index (χ2v) is 7.90. The highest BCUT2D eigenvalue weighted by molar-refractivity contribution is 7.99. The molecule has 30 heavy (non-hydrogen) atoms. The van der Waals surface area contributed by atoms with Crippen LogP contribution in [0.25, 0.3) is 0 Å². The minimum atomic E-state index is -0.496. The van der Waals surface area contributed by atoms with Gasteiger partial charge < -0.3 is 24.4 Å². The Bertz CT molecular complexity index is 866.